The lowest BCUT2D eigenvalue weighted by Crippen LogP contribution is -2.41. The second-order valence-electron chi connectivity index (χ2n) is 5.47. The molecule has 1 aromatic carbocycles. The van der Waals surface area contributed by atoms with Gasteiger partial charge in [-0.3, -0.25) is 4.79 Å². The van der Waals surface area contributed by atoms with Crippen LogP contribution >= 0.6 is 0 Å². The van der Waals surface area contributed by atoms with Crippen molar-refractivity contribution < 1.29 is 14.6 Å². The summed E-state index contributed by atoms with van der Waals surface area (Å²) in [6.07, 6.45) is -0.708. The summed E-state index contributed by atoms with van der Waals surface area (Å²) in [6.45, 7) is 7.44. The van der Waals surface area contributed by atoms with E-state index in [1.807, 2.05) is 44.2 Å². The van der Waals surface area contributed by atoms with Crippen molar-refractivity contribution in [2.24, 2.45) is 11.3 Å². The molecular formula is C15H22O3. The van der Waals surface area contributed by atoms with E-state index >= 15 is 0 Å². The van der Waals surface area contributed by atoms with E-state index in [1.54, 1.807) is 13.8 Å². The Morgan fingerprint density at radius 1 is 1.28 bits per heavy atom. The van der Waals surface area contributed by atoms with Crippen LogP contribution in [0.1, 0.15) is 33.3 Å². The van der Waals surface area contributed by atoms with Gasteiger partial charge in [-0.05, 0) is 25.3 Å². The van der Waals surface area contributed by atoms with Crippen LogP contribution in [-0.4, -0.2) is 17.2 Å². The number of carbonyl (C=O) groups is 1. The second-order valence-corrected chi connectivity index (χ2v) is 5.47. The van der Waals surface area contributed by atoms with Gasteiger partial charge in [0.15, 0.2) is 0 Å². The summed E-state index contributed by atoms with van der Waals surface area (Å²) in [5.74, 6) is -0.350. The smallest absolute Gasteiger partial charge is 0.314 e. The monoisotopic (exact) mass is 250 g/mol. The second kappa shape index (κ2) is 6.01. The molecule has 0 amide bonds. The summed E-state index contributed by atoms with van der Waals surface area (Å²) in [5.41, 5.74) is 0.0591. The first-order chi connectivity index (χ1) is 8.35. The molecule has 3 nitrogen and oxygen atoms in total. The predicted octanol–water partition coefficient (Wildman–Crippen LogP) is 2.77. The lowest BCUT2D eigenvalue weighted by atomic mass is 9.81. The molecule has 1 unspecified atom stereocenters. The summed E-state index contributed by atoms with van der Waals surface area (Å²) < 4.78 is 5.27. The molecule has 0 fully saturated rings. The zero-order chi connectivity index (χ0) is 13.8. The molecule has 1 aromatic rings. The Balaban J connectivity index is 2.60. The van der Waals surface area contributed by atoms with Gasteiger partial charge in [0, 0.05) is 0 Å². The Morgan fingerprint density at radius 2 is 1.83 bits per heavy atom. The Labute approximate surface area is 109 Å². The Morgan fingerprint density at radius 3 is 2.33 bits per heavy atom. The fourth-order valence-electron chi connectivity index (χ4n) is 1.86. The Bertz CT molecular complexity index is 382. The average Bonchev–Trinajstić information content (AvgIpc) is 2.35. The molecule has 0 saturated carbocycles. The number of esters is 1. The molecule has 0 bridgehead atoms. The van der Waals surface area contributed by atoms with Gasteiger partial charge in [-0.1, -0.05) is 44.2 Å². The third-order valence-corrected chi connectivity index (χ3v) is 3.11. The van der Waals surface area contributed by atoms with Crippen molar-refractivity contribution in [3.63, 3.8) is 0 Å². The molecule has 3 heteroatoms. The minimum atomic E-state index is -0.886. The highest BCUT2D eigenvalue weighted by Crippen LogP contribution is 2.27. The van der Waals surface area contributed by atoms with Crippen LogP contribution in [0, 0.1) is 11.3 Å². The standard InChI is InChI=1S/C15H22O3/c1-11(2)13(16)15(3,4)14(17)18-10-12-8-6-5-7-9-12/h5-9,11,13,16H,10H2,1-4H3. The van der Waals surface area contributed by atoms with E-state index in [0.717, 1.165) is 5.56 Å². The summed E-state index contributed by atoms with van der Waals surface area (Å²) in [5, 5.41) is 10.0. The first-order valence-electron chi connectivity index (χ1n) is 6.25. The Kier molecular flexibility index (Phi) is 4.91. The van der Waals surface area contributed by atoms with Gasteiger partial charge in [0.1, 0.15) is 6.61 Å². The molecule has 18 heavy (non-hydrogen) atoms. The number of carbonyl (C=O) groups excluding carboxylic acids is 1. The lowest BCUT2D eigenvalue weighted by Gasteiger charge is -2.30. The normalized spacial score (nSPS) is 13.4. The topological polar surface area (TPSA) is 46.5 Å². The number of hydrogen-bond donors (Lipinski definition) is 1. The number of rotatable bonds is 5. The van der Waals surface area contributed by atoms with Crippen molar-refractivity contribution in [3.05, 3.63) is 35.9 Å². The van der Waals surface area contributed by atoms with Crippen molar-refractivity contribution in [1.29, 1.82) is 0 Å². The van der Waals surface area contributed by atoms with E-state index in [4.69, 9.17) is 4.74 Å². The third-order valence-electron chi connectivity index (χ3n) is 3.11. The molecule has 0 aliphatic carbocycles. The summed E-state index contributed by atoms with van der Waals surface area (Å²) >= 11 is 0. The first-order valence-corrected chi connectivity index (χ1v) is 6.25. The van der Waals surface area contributed by atoms with Crippen LogP contribution in [0.3, 0.4) is 0 Å². The van der Waals surface area contributed by atoms with Crippen LogP contribution in [0.5, 0.6) is 0 Å². The van der Waals surface area contributed by atoms with Gasteiger partial charge < -0.3 is 9.84 Å². The zero-order valence-electron chi connectivity index (χ0n) is 11.5. The van der Waals surface area contributed by atoms with Crippen molar-refractivity contribution in [2.75, 3.05) is 0 Å². The van der Waals surface area contributed by atoms with Gasteiger partial charge in [-0.2, -0.15) is 0 Å². The fourth-order valence-corrected chi connectivity index (χ4v) is 1.86. The van der Waals surface area contributed by atoms with E-state index in [2.05, 4.69) is 0 Å². The maximum atomic E-state index is 12.0. The van der Waals surface area contributed by atoms with Gasteiger partial charge in [0.05, 0.1) is 11.5 Å². The maximum absolute atomic E-state index is 12.0. The van der Waals surface area contributed by atoms with E-state index in [0.29, 0.717) is 0 Å². The lowest BCUT2D eigenvalue weighted by molar-refractivity contribution is -0.163. The van der Waals surface area contributed by atoms with Crippen LogP contribution in [0.4, 0.5) is 0 Å². The zero-order valence-corrected chi connectivity index (χ0v) is 11.5. The predicted molar refractivity (Wildman–Crippen MR) is 70.9 cm³/mol. The summed E-state index contributed by atoms with van der Waals surface area (Å²) in [7, 11) is 0. The highest BCUT2D eigenvalue weighted by molar-refractivity contribution is 5.76. The first kappa shape index (κ1) is 14.7. The molecule has 0 spiro atoms. The van der Waals surface area contributed by atoms with Crippen LogP contribution < -0.4 is 0 Å². The molecule has 0 aliphatic heterocycles. The number of aliphatic hydroxyl groups excluding tert-OH is 1. The summed E-state index contributed by atoms with van der Waals surface area (Å²) in [6, 6.07) is 9.52. The van der Waals surface area contributed by atoms with Crippen molar-refractivity contribution in [2.45, 2.75) is 40.4 Å². The molecule has 0 heterocycles. The molecule has 100 valence electrons. The van der Waals surface area contributed by atoms with E-state index in [1.165, 1.54) is 0 Å². The van der Waals surface area contributed by atoms with E-state index in [9.17, 15) is 9.90 Å². The van der Waals surface area contributed by atoms with Crippen molar-refractivity contribution in [1.82, 2.24) is 0 Å². The van der Waals surface area contributed by atoms with Crippen LogP contribution in [0.2, 0.25) is 0 Å². The van der Waals surface area contributed by atoms with Crippen LogP contribution in [0.25, 0.3) is 0 Å². The summed E-state index contributed by atoms with van der Waals surface area (Å²) in [4.78, 5) is 12.0. The minimum absolute atomic E-state index is 0.0178. The van der Waals surface area contributed by atoms with E-state index in [-0.39, 0.29) is 18.5 Å². The van der Waals surface area contributed by atoms with Gasteiger partial charge in [-0.25, -0.2) is 0 Å². The highest BCUT2D eigenvalue weighted by atomic mass is 16.5. The molecule has 1 atom stereocenters. The SMILES string of the molecule is CC(C)C(O)C(C)(C)C(=O)OCc1ccccc1. The molecule has 1 rings (SSSR count). The van der Waals surface area contributed by atoms with Gasteiger partial charge in [-0.15, -0.1) is 0 Å². The number of benzene rings is 1. The number of hydrogen-bond acceptors (Lipinski definition) is 3. The van der Waals surface area contributed by atoms with Gasteiger partial charge in [0.25, 0.3) is 0 Å². The van der Waals surface area contributed by atoms with Gasteiger partial charge >= 0.3 is 5.97 Å². The molecule has 0 saturated heterocycles. The largest absolute Gasteiger partial charge is 0.460 e. The van der Waals surface area contributed by atoms with Gasteiger partial charge in [0.2, 0.25) is 0 Å². The number of ether oxygens (including phenoxy) is 1. The molecule has 0 aromatic heterocycles. The quantitative estimate of drug-likeness (QED) is 0.817. The average molecular weight is 250 g/mol. The highest BCUT2D eigenvalue weighted by Gasteiger charge is 2.38. The maximum Gasteiger partial charge on any atom is 0.314 e. The molecule has 0 aliphatic rings. The van der Waals surface area contributed by atoms with Crippen molar-refractivity contribution in [3.8, 4) is 0 Å². The number of aliphatic hydroxyl groups is 1. The van der Waals surface area contributed by atoms with E-state index < -0.39 is 11.5 Å². The van der Waals surface area contributed by atoms with Crippen LogP contribution in [0.15, 0.2) is 30.3 Å². The molecule has 0 radical (unpaired) electrons. The van der Waals surface area contributed by atoms with Crippen molar-refractivity contribution >= 4 is 5.97 Å². The fraction of sp³-hybridized carbons (Fsp3) is 0.533. The molecular weight excluding hydrogens is 228 g/mol. The third kappa shape index (κ3) is 3.57. The molecule has 1 N–H and O–H groups in total. The Hall–Kier alpha value is -1.35. The minimum Gasteiger partial charge on any atom is -0.460 e. The van der Waals surface area contributed by atoms with Crippen LogP contribution in [-0.2, 0) is 16.1 Å².